The SMILES string of the molecule is CCc1sc(-c2cc3ccc(O)cc3oc2=O)nc1-c1cc(C)ccc1C. The highest BCUT2D eigenvalue weighted by atomic mass is 32.1. The fraction of sp³-hybridized carbons (Fsp3) is 0.182. The van der Waals surface area contributed by atoms with Gasteiger partial charge in [-0.3, -0.25) is 0 Å². The van der Waals surface area contributed by atoms with Gasteiger partial charge in [0.05, 0.1) is 11.3 Å². The molecule has 0 aliphatic carbocycles. The van der Waals surface area contributed by atoms with Crippen LogP contribution in [0.3, 0.4) is 0 Å². The fourth-order valence-corrected chi connectivity index (χ4v) is 4.18. The van der Waals surface area contributed by atoms with Gasteiger partial charge < -0.3 is 9.52 Å². The minimum absolute atomic E-state index is 0.0677. The molecule has 1 N–H and O–H groups in total. The molecule has 136 valence electrons. The molecule has 0 radical (unpaired) electrons. The number of fused-ring (bicyclic) bond motifs is 1. The molecule has 4 rings (SSSR count). The van der Waals surface area contributed by atoms with Crippen molar-refractivity contribution in [2.24, 2.45) is 0 Å². The number of phenols is 1. The van der Waals surface area contributed by atoms with Crippen molar-refractivity contribution < 1.29 is 9.52 Å². The molecular weight excluding hydrogens is 358 g/mol. The van der Waals surface area contributed by atoms with Crippen LogP contribution in [0, 0.1) is 13.8 Å². The molecule has 0 bridgehead atoms. The van der Waals surface area contributed by atoms with Crippen molar-refractivity contribution in [2.45, 2.75) is 27.2 Å². The van der Waals surface area contributed by atoms with Crippen LogP contribution >= 0.6 is 11.3 Å². The average Bonchev–Trinajstić information content (AvgIpc) is 3.07. The summed E-state index contributed by atoms with van der Waals surface area (Å²) in [5.41, 5.74) is 4.74. The smallest absolute Gasteiger partial charge is 0.346 e. The number of nitrogens with zero attached hydrogens (tertiary/aromatic N) is 1. The van der Waals surface area contributed by atoms with Crippen LogP contribution in [0.25, 0.3) is 32.8 Å². The highest BCUT2D eigenvalue weighted by Gasteiger charge is 2.18. The van der Waals surface area contributed by atoms with E-state index in [0.717, 1.165) is 33.5 Å². The molecule has 5 heteroatoms. The van der Waals surface area contributed by atoms with Crippen LogP contribution in [0.2, 0.25) is 0 Å². The van der Waals surface area contributed by atoms with E-state index in [0.29, 0.717) is 16.2 Å². The molecule has 2 heterocycles. The maximum atomic E-state index is 12.5. The third kappa shape index (κ3) is 3.15. The predicted octanol–water partition coefficient (Wildman–Crippen LogP) is 5.47. The lowest BCUT2D eigenvalue weighted by atomic mass is 10.0. The van der Waals surface area contributed by atoms with Crippen molar-refractivity contribution in [2.75, 3.05) is 0 Å². The monoisotopic (exact) mass is 377 g/mol. The van der Waals surface area contributed by atoms with E-state index in [9.17, 15) is 9.90 Å². The number of phenolic OH excluding ortho intramolecular Hbond substituents is 1. The van der Waals surface area contributed by atoms with E-state index >= 15 is 0 Å². The summed E-state index contributed by atoms with van der Waals surface area (Å²) in [5, 5.41) is 11.0. The molecule has 0 unspecified atom stereocenters. The van der Waals surface area contributed by atoms with Gasteiger partial charge in [0, 0.05) is 21.9 Å². The third-order valence-electron chi connectivity index (χ3n) is 4.62. The second-order valence-corrected chi connectivity index (χ2v) is 7.72. The molecule has 0 atom stereocenters. The molecule has 0 aliphatic rings. The number of hydrogen-bond donors (Lipinski definition) is 1. The summed E-state index contributed by atoms with van der Waals surface area (Å²) in [6.45, 7) is 6.23. The molecule has 0 aliphatic heterocycles. The summed E-state index contributed by atoms with van der Waals surface area (Å²) in [5.74, 6) is 0.0677. The Bertz CT molecular complexity index is 1220. The lowest BCUT2D eigenvalue weighted by molar-refractivity contribution is 0.473. The first-order chi connectivity index (χ1) is 13.0. The number of hydrogen-bond acceptors (Lipinski definition) is 5. The Hall–Kier alpha value is -2.92. The van der Waals surface area contributed by atoms with Crippen LogP contribution in [0.15, 0.2) is 51.7 Å². The van der Waals surface area contributed by atoms with E-state index in [1.807, 2.05) is 0 Å². The van der Waals surface area contributed by atoms with Gasteiger partial charge in [-0.15, -0.1) is 11.3 Å². The first-order valence-electron chi connectivity index (χ1n) is 8.81. The van der Waals surface area contributed by atoms with Gasteiger partial charge in [-0.05, 0) is 50.1 Å². The number of benzene rings is 2. The van der Waals surface area contributed by atoms with E-state index in [-0.39, 0.29) is 5.75 Å². The Labute approximate surface area is 160 Å². The van der Waals surface area contributed by atoms with Crippen LogP contribution in [0.1, 0.15) is 22.9 Å². The third-order valence-corrected chi connectivity index (χ3v) is 5.85. The lowest BCUT2D eigenvalue weighted by Gasteiger charge is -2.06. The zero-order valence-corrected chi connectivity index (χ0v) is 16.2. The summed E-state index contributed by atoms with van der Waals surface area (Å²) in [4.78, 5) is 18.5. The van der Waals surface area contributed by atoms with Gasteiger partial charge in [0.25, 0.3) is 0 Å². The van der Waals surface area contributed by atoms with Gasteiger partial charge >= 0.3 is 5.63 Å². The molecule has 0 fully saturated rings. The minimum atomic E-state index is -0.447. The molecular formula is C22H19NO3S. The van der Waals surface area contributed by atoms with Gasteiger partial charge in [0.1, 0.15) is 16.3 Å². The Morgan fingerprint density at radius 1 is 1.07 bits per heavy atom. The molecule has 0 amide bonds. The average molecular weight is 377 g/mol. The number of aromatic nitrogens is 1. The molecule has 2 aromatic heterocycles. The van der Waals surface area contributed by atoms with E-state index < -0.39 is 5.63 Å². The topological polar surface area (TPSA) is 63.3 Å². The van der Waals surface area contributed by atoms with Crippen molar-refractivity contribution in [1.82, 2.24) is 4.98 Å². The van der Waals surface area contributed by atoms with Crippen molar-refractivity contribution in [1.29, 1.82) is 0 Å². The summed E-state index contributed by atoms with van der Waals surface area (Å²) >= 11 is 1.53. The number of aryl methyl sites for hydroxylation is 3. The van der Waals surface area contributed by atoms with Crippen molar-refractivity contribution >= 4 is 22.3 Å². The van der Waals surface area contributed by atoms with E-state index in [1.54, 1.807) is 18.2 Å². The van der Waals surface area contributed by atoms with E-state index in [1.165, 1.54) is 23.0 Å². The van der Waals surface area contributed by atoms with Gasteiger partial charge in [-0.25, -0.2) is 9.78 Å². The van der Waals surface area contributed by atoms with E-state index in [4.69, 9.17) is 9.40 Å². The largest absolute Gasteiger partial charge is 0.508 e. The van der Waals surface area contributed by atoms with Crippen LogP contribution < -0.4 is 5.63 Å². The Kier molecular flexibility index (Phi) is 4.32. The molecule has 0 saturated heterocycles. The zero-order valence-electron chi connectivity index (χ0n) is 15.4. The highest BCUT2D eigenvalue weighted by molar-refractivity contribution is 7.15. The van der Waals surface area contributed by atoms with Crippen molar-refractivity contribution in [3.05, 3.63) is 68.9 Å². The first kappa shape index (κ1) is 17.5. The fourth-order valence-electron chi connectivity index (χ4n) is 3.16. The Morgan fingerprint density at radius 3 is 2.67 bits per heavy atom. The standard InChI is InChI=1S/C22H19NO3S/c1-4-19-20(16-9-12(2)5-6-13(16)3)23-21(27-19)17-10-14-7-8-15(24)11-18(14)26-22(17)25/h5-11,24H,4H2,1-3H3. The molecule has 2 aromatic carbocycles. The highest BCUT2D eigenvalue weighted by Crippen LogP contribution is 2.35. The van der Waals surface area contributed by atoms with Crippen molar-refractivity contribution in [3.63, 3.8) is 0 Å². The molecule has 4 nitrogen and oxygen atoms in total. The summed E-state index contributed by atoms with van der Waals surface area (Å²) in [7, 11) is 0. The molecule has 27 heavy (non-hydrogen) atoms. The lowest BCUT2D eigenvalue weighted by Crippen LogP contribution is -2.02. The maximum absolute atomic E-state index is 12.5. The van der Waals surface area contributed by atoms with Gasteiger partial charge in [-0.2, -0.15) is 0 Å². The van der Waals surface area contributed by atoms with Gasteiger partial charge in [0.2, 0.25) is 0 Å². The van der Waals surface area contributed by atoms with Crippen molar-refractivity contribution in [3.8, 4) is 27.6 Å². The minimum Gasteiger partial charge on any atom is -0.508 e. The van der Waals surface area contributed by atoms with Gasteiger partial charge in [0.15, 0.2) is 0 Å². The summed E-state index contributed by atoms with van der Waals surface area (Å²) < 4.78 is 5.41. The number of rotatable bonds is 3. The quantitative estimate of drug-likeness (QED) is 0.481. The van der Waals surface area contributed by atoms with Gasteiger partial charge in [-0.1, -0.05) is 24.6 Å². The summed E-state index contributed by atoms with van der Waals surface area (Å²) in [6.07, 6.45) is 0.840. The van der Waals surface area contributed by atoms with Crippen LogP contribution in [0.5, 0.6) is 5.75 Å². The molecule has 0 spiro atoms. The molecule has 0 saturated carbocycles. The predicted molar refractivity (Wildman–Crippen MR) is 110 cm³/mol. The van der Waals surface area contributed by atoms with E-state index in [2.05, 4.69) is 39.0 Å². The maximum Gasteiger partial charge on any atom is 0.346 e. The number of aromatic hydroxyl groups is 1. The summed E-state index contributed by atoms with van der Waals surface area (Å²) in [6, 6.07) is 12.9. The Morgan fingerprint density at radius 2 is 1.89 bits per heavy atom. The first-order valence-corrected chi connectivity index (χ1v) is 9.62. The second kappa shape index (κ2) is 6.67. The molecule has 4 aromatic rings. The van der Waals surface area contributed by atoms with Crippen LogP contribution in [-0.4, -0.2) is 10.1 Å². The van der Waals surface area contributed by atoms with Crippen LogP contribution in [0.4, 0.5) is 0 Å². The normalized spacial score (nSPS) is 11.2. The zero-order chi connectivity index (χ0) is 19.1. The number of thiazole rings is 1. The van der Waals surface area contributed by atoms with Crippen LogP contribution in [-0.2, 0) is 6.42 Å². The Balaban J connectivity index is 1.91. The second-order valence-electron chi connectivity index (χ2n) is 6.63.